The molecule has 104 valence electrons. The number of carbonyl (C=O) groups is 1. The molecule has 5 heteroatoms. The number of aromatic nitrogens is 2. The normalized spacial score (nSPS) is 25.6. The quantitative estimate of drug-likeness (QED) is 0.862. The van der Waals surface area contributed by atoms with Crippen molar-refractivity contribution in [1.29, 1.82) is 0 Å². The Balaban J connectivity index is 1.60. The summed E-state index contributed by atoms with van der Waals surface area (Å²) in [6.45, 7) is 3.76. The lowest BCUT2D eigenvalue weighted by atomic mass is 10.0. The number of nitrogens with zero attached hydrogens (tertiary/aromatic N) is 3. The minimum absolute atomic E-state index is 0.0429. The van der Waals surface area contributed by atoms with Crippen LogP contribution in [0.3, 0.4) is 0 Å². The Morgan fingerprint density at radius 2 is 2.32 bits per heavy atom. The highest BCUT2D eigenvalue weighted by molar-refractivity contribution is 5.83. The molecule has 5 nitrogen and oxygen atoms in total. The molecule has 1 saturated carbocycles. The first kappa shape index (κ1) is 12.7. The van der Waals surface area contributed by atoms with Gasteiger partial charge in [-0.3, -0.25) is 9.48 Å². The average Bonchev–Trinajstić information content (AvgIpc) is 3.07. The first-order valence-electron chi connectivity index (χ1n) is 7.28. The monoisotopic (exact) mass is 262 g/mol. The molecule has 2 fully saturated rings. The number of hydrogen-bond acceptors (Lipinski definition) is 3. The van der Waals surface area contributed by atoms with Gasteiger partial charge in [0.05, 0.1) is 12.6 Å². The summed E-state index contributed by atoms with van der Waals surface area (Å²) >= 11 is 0. The van der Waals surface area contributed by atoms with Gasteiger partial charge in [-0.25, -0.2) is 0 Å². The van der Waals surface area contributed by atoms with E-state index >= 15 is 0 Å². The molecular formula is C14H22N4O. The van der Waals surface area contributed by atoms with Gasteiger partial charge in [0.25, 0.3) is 0 Å². The van der Waals surface area contributed by atoms with Crippen molar-refractivity contribution in [3.63, 3.8) is 0 Å². The first-order valence-corrected chi connectivity index (χ1v) is 7.28. The molecule has 0 bridgehead atoms. The van der Waals surface area contributed by atoms with Crippen molar-refractivity contribution >= 4 is 5.91 Å². The molecule has 2 atom stereocenters. The van der Waals surface area contributed by atoms with Crippen molar-refractivity contribution < 1.29 is 4.79 Å². The van der Waals surface area contributed by atoms with Crippen LogP contribution in [0, 0.1) is 0 Å². The van der Waals surface area contributed by atoms with Crippen LogP contribution in [0.5, 0.6) is 0 Å². The number of likely N-dealkylation sites (tertiary alicyclic amines) is 1. The summed E-state index contributed by atoms with van der Waals surface area (Å²) in [6.07, 6.45) is 8.27. The van der Waals surface area contributed by atoms with Crippen molar-refractivity contribution in [2.75, 3.05) is 6.54 Å². The maximum Gasteiger partial charge on any atom is 0.240 e. The van der Waals surface area contributed by atoms with E-state index in [0.717, 1.165) is 25.9 Å². The van der Waals surface area contributed by atoms with Gasteiger partial charge in [0, 0.05) is 31.0 Å². The van der Waals surface area contributed by atoms with E-state index in [4.69, 9.17) is 0 Å². The van der Waals surface area contributed by atoms with E-state index < -0.39 is 0 Å². The Kier molecular flexibility index (Phi) is 3.55. The standard InChI is InChI=1S/C14H22N4O/c1-11(10-17-8-3-7-15-17)18-9-2-4-13(14(18)19)16-12-5-6-12/h3,7-8,11-13,16H,2,4-6,9-10H2,1H3. The van der Waals surface area contributed by atoms with E-state index in [-0.39, 0.29) is 18.0 Å². The Bertz CT molecular complexity index is 427. The molecule has 19 heavy (non-hydrogen) atoms. The lowest BCUT2D eigenvalue weighted by molar-refractivity contribution is -0.138. The molecule has 1 aliphatic heterocycles. The summed E-state index contributed by atoms with van der Waals surface area (Å²) in [5, 5.41) is 7.69. The van der Waals surface area contributed by atoms with Crippen molar-refractivity contribution in [3.05, 3.63) is 18.5 Å². The molecule has 1 amide bonds. The Morgan fingerprint density at radius 1 is 1.47 bits per heavy atom. The Morgan fingerprint density at radius 3 is 3.00 bits per heavy atom. The third kappa shape index (κ3) is 2.97. The average molecular weight is 262 g/mol. The van der Waals surface area contributed by atoms with Gasteiger partial charge in [-0.1, -0.05) is 0 Å². The van der Waals surface area contributed by atoms with E-state index in [9.17, 15) is 4.79 Å². The third-order valence-electron chi connectivity index (χ3n) is 4.03. The molecule has 1 aliphatic carbocycles. The topological polar surface area (TPSA) is 50.2 Å². The van der Waals surface area contributed by atoms with Crippen LogP contribution in [0.25, 0.3) is 0 Å². The second kappa shape index (κ2) is 5.33. The van der Waals surface area contributed by atoms with Gasteiger partial charge in [-0.2, -0.15) is 5.10 Å². The lowest BCUT2D eigenvalue weighted by Gasteiger charge is -2.37. The van der Waals surface area contributed by atoms with Crippen LogP contribution in [0.4, 0.5) is 0 Å². The van der Waals surface area contributed by atoms with Gasteiger partial charge in [0.1, 0.15) is 0 Å². The lowest BCUT2D eigenvalue weighted by Crippen LogP contribution is -2.54. The van der Waals surface area contributed by atoms with Crippen molar-refractivity contribution in [3.8, 4) is 0 Å². The molecule has 1 aromatic rings. The van der Waals surface area contributed by atoms with E-state index in [1.165, 1.54) is 12.8 Å². The van der Waals surface area contributed by atoms with Crippen molar-refractivity contribution in [2.24, 2.45) is 0 Å². The van der Waals surface area contributed by atoms with Crippen LogP contribution in [-0.2, 0) is 11.3 Å². The number of hydrogen-bond donors (Lipinski definition) is 1. The van der Waals surface area contributed by atoms with Gasteiger partial charge in [-0.15, -0.1) is 0 Å². The smallest absolute Gasteiger partial charge is 0.240 e. The Hall–Kier alpha value is -1.36. The zero-order valence-electron chi connectivity index (χ0n) is 11.5. The number of carbonyl (C=O) groups excluding carboxylic acids is 1. The zero-order valence-corrected chi connectivity index (χ0v) is 11.5. The third-order valence-corrected chi connectivity index (χ3v) is 4.03. The molecule has 2 unspecified atom stereocenters. The summed E-state index contributed by atoms with van der Waals surface area (Å²) in [5.41, 5.74) is 0. The van der Waals surface area contributed by atoms with E-state index in [0.29, 0.717) is 6.04 Å². The summed E-state index contributed by atoms with van der Waals surface area (Å²) in [5.74, 6) is 0.276. The highest BCUT2D eigenvalue weighted by Gasteiger charge is 2.35. The van der Waals surface area contributed by atoms with E-state index in [1.54, 1.807) is 6.20 Å². The molecular weight excluding hydrogens is 240 g/mol. The van der Waals surface area contributed by atoms with Crippen LogP contribution in [0.1, 0.15) is 32.6 Å². The summed E-state index contributed by atoms with van der Waals surface area (Å²) in [7, 11) is 0. The number of rotatable bonds is 5. The van der Waals surface area contributed by atoms with E-state index in [2.05, 4.69) is 17.3 Å². The minimum Gasteiger partial charge on any atom is -0.337 e. The summed E-state index contributed by atoms with van der Waals surface area (Å²) < 4.78 is 1.90. The summed E-state index contributed by atoms with van der Waals surface area (Å²) in [6, 6.07) is 2.76. The fourth-order valence-electron chi connectivity index (χ4n) is 2.80. The SMILES string of the molecule is CC(Cn1cccn1)N1CCCC(NC2CC2)C1=O. The molecule has 2 aliphatic rings. The number of amides is 1. The van der Waals surface area contributed by atoms with Gasteiger partial charge in [-0.05, 0) is 38.7 Å². The van der Waals surface area contributed by atoms with Gasteiger partial charge in [0.15, 0.2) is 0 Å². The van der Waals surface area contributed by atoms with Crippen LogP contribution >= 0.6 is 0 Å². The molecule has 1 N–H and O–H groups in total. The first-order chi connectivity index (χ1) is 9.24. The molecule has 1 aromatic heterocycles. The molecule has 1 saturated heterocycles. The fourth-order valence-corrected chi connectivity index (χ4v) is 2.80. The summed E-state index contributed by atoms with van der Waals surface area (Å²) in [4.78, 5) is 14.5. The molecule has 0 spiro atoms. The van der Waals surface area contributed by atoms with Crippen LogP contribution in [0.2, 0.25) is 0 Å². The highest BCUT2D eigenvalue weighted by Crippen LogP contribution is 2.23. The van der Waals surface area contributed by atoms with Gasteiger partial charge < -0.3 is 10.2 Å². The largest absolute Gasteiger partial charge is 0.337 e. The number of piperidine rings is 1. The predicted octanol–water partition coefficient (Wildman–Crippen LogP) is 1.01. The molecule has 0 radical (unpaired) electrons. The minimum atomic E-state index is 0.0429. The van der Waals surface area contributed by atoms with E-state index in [1.807, 2.05) is 21.8 Å². The van der Waals surface area contributed by atoms with Crippen LogP contribution < -0.4 is 5.32 Å². The van der Waals surface area contributed by atoms with Crippen molar-refractivity contribution in [2.45, 2.75) is 57.3 Å². The van der Waals surface area contributed by atoms with Crippen LogP contribution in [-0.4, -0.2) is 45.3 Å². The molecule has 2 heterocycles. The van der Waals surface area contributed by atoms with Crippen molar-refractivity contribution in [1.82, 2.24) is 20.0 Å². The Labute approximate surface area is 114 Å². The maximum atomic E-state index is 12.5. The zero-order chi connectivity index (χ0) is 13.2. The van der Waals surface area contributed by atoms with Gasteiger partial charge >= 0.3 is 0 Å². The van der Waals surface area contributed by atoms with Gasteiger partial charge in [0.2, 0.25) is 5.91 Å². The fraction of sp³-hybridized carbons (Fsp3) is 0.714. The second-order valence-corrected chi connectivity index (χ2v) is 5.74. The molecule has 0 aromatic carbocycles. The second-order valence-electron chi connectivity index (χ2n) is 5.74. The maximum absolute atomic E-state index is 12.5. The predicted molar refractivity (Wildman–Crippen MR) is 72.6 cm³/mol. The highest BCUT2D eigenvalue weighted by atomic mass is 16.2. The molecule has 3 rings (SSSR count). The number of nitrogens with one attached hydrogen (secondary N) is 1. The van der Waals surface area contributed by atoms with Crippen LogP contribution in [0.15, 0.2) is 18.5 Å².